The van der Waals surface area contributed by atoms with Gasteiger partial charge in [0, 0.05) is 6.54 Å². The van der Waals surface area contributed by atoms with Gasteiger partial charge in [0.2, 0.25) is 0 Å². The lowest BCUT2D eigenvalue weighted by atomic mass is 9.97. The molecule has 1 amide bonds. The van der Waals surface area contributed by atoms with E-state index in [9.17, 15) is 27.9 Å². The Kier molecular flexibility index (Phi) is 5.91. The third-order valence-electron chi connectivity index (χ3n) is 3.98. The third-order valence-corrected chi connectivity index (χ3v) is 3.98. The molecule has 1 heterocycles. The van der Waals surface area contributed by atoms with Gasteiger partial charge in [0.1, 0.15) is 17.4 Å². The molecule has 1 saturated heterocycles. The van der Waals surface area contributed by atoms with Gasteiger partial charge in [-0.1, -0.05) is 12.1 Å². The molecule has 2 atom stereocenters. The number of carboxylic acids is 1. The average molecular weight is 389 g/mol. The van der Waals surface area contributed by atoms with E-state index in [1.807, 2.05) is 0 Å². The van der Waals surface area contributed by atoms with Crippen LogP contribution in [0.4, 0.5) is 18.0 Å². The fourth-order valence-electron chi connectivity index (χ4n) is 2.99. The van der Waals surface area contributed by atoms with Gasteiger partial charge in [0.25, 0.3) is 0 Å². The summed E-state index contributed by atoms with van der Waals surface area (Å²) in [6, 6.07) is 4.41. The van der Waals surface area contributed by atoms with Gasteiger partial charge in [-0.15, -0.1) is 13.2 Å². The minimum Gasteiger partial charge on any atom is -0.480 e. The van der Waals surface area contributed by atoms with Crippen molar-refractivity contribution in [2.24, 2.45) is 5.92 Å². The van der Waals surface area contributed by atoms with Gasteiger partial charge >= 0.3 is 18.4 Å². The van der Waals surface area contributed by atoms with E-state index in [1.54, 1.807) is 20.8 Å². The number of likely N-dealkylation sites (tertiary alicyclic amines) is 1. The summed E-state index contributed by atoms with van der Waals surface area (Å²) in [5, 5.41) is 9.39. The Morgan fingerprint density at radius 3 is 2.26 bits per heavy atom. The molecule has 27 heavy (non-hydrogen) atoms. The number of hydrogen-bond donors (Lipinski definition) is 1. The average Bonchev–Trinajstić information content (AvgIpc) is 2.90. The molecule has 0 aliphatic carbocycles. The number of carbonyl (C=O) groups is 2. The van der Waals surface area contributed by atoms with Gasteiger partial charge < -0.3 is 14.6 Å². The highest BCUT2D eigenvalue weighted by molar-refractivity contribution is 5.81. The quantitative estimate of drug-likeness (QED) is 0.847. The smallest absolute Gasteiger partial charge is 0.480 e. The number of carboxylic acid groups (broad SMARTS) is 1. The summed E-state index contributed by atoms with van der Waals surface area (Å²) < 4.78 is 45.7. The molecule has 150 valence electrons. The van der Waals surface area contributed by atoms with Gasteiger partial charge in [-0.2, -0.15) is 0 Å². The van der Waals surface area contributed by atoms with Gasteiger partial charge in [-0.3, -0.25) is 4.90 Å². The van der Waals surface area contributed by atoms with Crippen molar-refractivity contribution in [1.29, 1.82) is 0 Å². The highest BCUT2D eigenvalue weighted by atomic mass is 19.4. The van der Waals surface area contributed by atoms with Crippen molar-refractivity contribution in [3.63, 3.8) is 0 Å². The molecule has 2 rings (SSSR count). The van der Waals surface area contributed by atoms with Crippen LogP contribution in [0.15, 0.2) is 24.3 Å². The molecular weight excluding hydrogens is 367 g/mol. The molecule has 1 N–H and O–H groups in total. The van der Waals surface area contributed by atoms with Crippen molar-refractivity contribution in [2.45, 2.75) is 51.6 Å². The van der Waals surface area contributed by atoms with Gasteiger partial charge in [0.05, 0.1) is 0 Å². The van der Waals surface area contributed by atoms with Gasteiger partial charge in [-0.25, -0.2) is 9.59 Å². The molecule has 1 aromatic carbocycles. The number of halogens is 3. The largest absolute Gasteiger partial charge is 0.573 e. The first-order valence-corrected chi connectivity index (χ1v) is 8.41. The fraction of sp³-hybridized carbons (Fsp3) is 0.556. The predicted molar refractivity (Wildman–Crippen MR) is 89.3 cm³/mol. The van der Waals surface area contributed by atoms with Gasteiger partial charge in [-0.05, 0) is 57.2 Å². The topological polar surface area (TPSA) is 76.1 Å². The maximum Gasteiger partial charge on any atom is 0.573 e. The van der Waals surface area contributed by atoms with Gasteiger partial charge in [0.15, 0.2) is 0 Å². The monoisotopic (exact) mass is 389 g/mol. The van der Waals surface area contributed by atoms with E-state index in [1.165, 1.54) is 29.2 Å². The Labute approximate surface area is 154 Å². The van der Waals surface area contributed by atoms with E-state index in [0.717, 1.165) is 5.56 Å². The predicted octanol–water partition coefficient (Wildman–Crippen LogP) is 3.84. The summed E-state index contributed by atoms with van der Waals surface area (Å²) in [6.07, 6.45) is -4.77. The molecule has 6 nitrogen and oxygen atoms in total. The number of nitrogens with zero attached hydrogens (tertiary/aromatic N) is 1. The van der Waals surface area contributed by atoms with Crippen LogP contribution in [-0.2, 0) is 16.0 Å². The lowest BCUT2D eigenvalue weighted by Crippen LogP contribution is -2.43. The van der Waals surface area contributed by atoms with Crippen LogP contribution in [0.1, 0.15) is 32.8 Å². The minimum absolute atomic E-state index is 0.145. The van der Waals surface area contributed by atoms with Crippen molar-refractivity contribution in [1.82, 2.24) is 4.90 Å². The zero-order valence-electron chi connectivity index (χ0n) is 15.2. The summed E-state index contributed by atoms with van der Waals surface area (Å²) >= 11 is 0. The van der Waals surface area contributed by atoms with Crippen molar-refractivity contribution in [2.75, 3.05) is 6.54 Å². The molecule has 0 spiro atoms. The molecule has 1 fully saturated rings. The van der Waals surface area contributed by atoms with Crippen molar-refractivity contribution in [3.8, 4) is 5.75 Å². The Morgan fingerprint density at radius 2 is 1.78 bits per heavy atom. The standard InChI is InChI=1S/C18H22F3NO5/c1-17(2,3)27-16(25)22-10-12(9-14(22)15(23)24)8-11-4-6-13(7-5-11)26-18(19,20)21/h4-7,12,14H,8-10H2,1-3H3,(H,23,24)/t12?,14-/m0/s1. The van der Waals surface area contributed by atoms with E-state index in [2.05, 4.69) is 4.74 Å². The number of benzene rings is 1. The molecule has 1 aromatic rings. The van der Waals surface area contributed by atoms with Crippen LogP contribution in [0.5, 0.6) is 5.75 Å². The molecule has 1 unspecified atom stereocenters. The number of hydrogen-bond acceptors (Lipinski definition) is 4. The Balaban J connectivity index is 2.03. The van der Waals surface area contributed by atoms with E-state index < -0.39 is 30.1 Å². The summed E-state index contributed by atoms with van der Waals surface area (Å²) in [4.78, 5) is 24.9. The molecular formula is C18H22F3NO5. The number of rotatable bonds is 4. The highest BCUT2D eigenvalue weighted by Crippen LogP contribution is 2.29. The maximum atomic E-state index is 12.3. The van der Waals surface area contributed by atoms with Crippen LogP contribution < -0.4 is 4.74 Å². The lowest BCUT2D eigenvalue weighted by molar-refractivity contribution is -0.274. The molecule has 1 aliphatic rings. The number of amides is 1. The second-order valence-electron chi connectivity index (χ2n) is 7.48. The fourth-order valence-corrected chi connectivity index (χ4v) is 2.99. The maximum absolute atomic E-state index is 12.3. The van der Waals surface area contributed by atoms with Crippen LogP contribution >= 0.6 is 0 Å². The van der Waals surface area contributed by atoms with Crippen molar-refractivity contribution in [3.05, 3.63) is 29.8 Å². The zero-order valence-corrected chi connectivity index (χ0v) is 15.2. The lowest BCUT2D eigenvalue weighted by Gasteiger charge is -2.26. The van der Waals surface area contributed by atoms with Crippen LogP contribution in [-0.4, -0.2) is 46.6 Å². The summed E-state index contributed by atoms with van der Waals surface area (Å²) in [5.41, 5.74) is -0.0169. The normalized spacial score (nSPS) is 20.4. The molecule has 0 aromatic heterocycles. The van der Waals surface area contributed by atoms with Crippen LogP contribution in [0, 0.1) is 5.92 Å². The van der Waals surface area contributed by atoms with E-state index in [-0.39, 0.29) is 24.6 Å². The minimum atomic E-state index is -4.75. The van der Waals surface area contributed by atoms with Crippen LogP contribution in [0.2, 0.25) is 0 Å². The van der Waals surface area contributed by atoms with Crippen molar-refractivity contribution < 1.29 is 37.3 Å². The first-order chi connectivity index (χ1) is 12.3. The Hall–Kier alpha value is -2.45. The zero-order chi connectivity index (χ0) is 20.4. The molecule has 1 aliphatic heterocycles. The summed E-state index contributed by atoms with van der Waals surface area (Å²) in [6.45, 7) is 5.28. The van der Waals surface area contributed by atoms with Crippen LogP contribution in [0.3, 0.4) is 0 Å². The molecule has 9 heteroatoms. The number of aliphatic carboxylic acids is 1. The summed E-state index contributed by atoms with van der Waals surface area (Å²) in [7, 11) is 0. The Morgan fingerprint density at radius 1 is 1.19 bits per heavy atom. The van der Waals surface area contributed by atoms with Crippen molar-refractivity contribution >= 4 is 12.1 Å². The first kappa shape index (κ1) is 20.9. The summed E-state index contributed by atoms with van der Waals surface area (Å²) in [5.74, 6) is -1.58. The first-order valence-electron chi connectivity index (χ1n) is 8.41. The van der Waals surface area contributed by atoms with E-state index in [0.29, 0.717) is 6.42 Å². The molecule has 0 bridgehead atoms. The molecule has 0 radical (unpaired) electrons. The number of alkyl halides is 3. The molecule has 0 saturated carbocycles. The Bertz CT molecular complexity index is 682. The third kappa shape index (κ3) is 6.33. The second-order valence-corrected chi connectivity index (χ2v) is 7.48. The SMILES string of the molecule is CC(C)(C)OC(=O)N1CC(Cc2ccc(OC(F)(F)F)cc2)C[C@H]1C(=O)O. The number of carbonyl (C=O) groups excluding carboxylic acids is 1. The van der Waals surface area contributed by atoms with Crippen LogP contribution in [0.25, 0.3) is 0 Å². The van der Waals surface area contributed by atoms with E-state index in [4.69, 9.17) is 4.74 Å². The number of ether oxygens (including phenoxy) is 2. The van der Waals surface area contributed by atoms with E-state index >= 15 is 0 Å². The second kappa shape index (κ2) is 7.66. The highest BCUT2D eigenvalue weighted by Gasteiger charge is 2.41.